The molecule has 1 rings (SSSR count). The molecule has 0 fully saturated rings. The van der Waals surface area contributed by atoms with Crippen LogP contribution in [0.1, 0.15) is 17.3 Å². The van der Waals surface area contributed by atoms with Gasteiger partial charge in [-0.05, 0) is 35.0 Å². The summed E-state index contributed by atoms with van der Waals surface area (Å²) in [5.41, 5.74) is 0.459. The summed E-state index contributed by atoms with van der Waals surface area (Å²) in [5.74, 6) is 0.339. The Bertz CT molecular complexity index is 323. The highest BCUT2D eigenvalue weighted by molar-refractivity contribution is 9.10. The Morgan fingerprint density at radius 1 is 1.62 bits per heavy atom. The second-order valence-corrected chi connectivity index (χ2v) is 3.16. The van der Waals surface area contributed by atoms with Crippen LogP contribution < -0.4 is 4.74 Å². The quantitative estimate of drug-likeness (QED) is 0.831. The summed E-state index contributed by atoms with van der Waals surface area (Å²) < 4.78 is 5.64. The minimum atomic E-state index is 0.0272. The third-order valence-electron chi connectivity index (χ3n) is 1.52. The average Bonchev–Trinajstić information content (AvgIpc) is 2.12. The van der Waals surface area contributed by atoms with Crippen LogP contribution in [0.5, 0.6) is 11.5 Å². The normalized spacial score (nSPS) is 9.69. The summed E-state index contributed by atoms with van der Waals surface area (Å²) in [4.78, 5) is 10.5. The first-order valence-electron chi connectivity index (χ1n) is 3.80. The zero-order valence-electron chi connectivity index (χ0n) is 7.08. The molecule has 0 saturated carbocycles. The highest BCUT2D eigenvalue weighted by Crippen LogP contribution is 2.36. The van der Waals surface area contributed by atoms with Crippen molar-refractivity contribution in [1.82, 2.24) is 0 Å². The van der Waals surface area contributed by atoms with Crippen LogP contribution in [0.4, 0.5) is 0 Å². The van der Waals surface area contributed by atoms with Crippen molar-refractivity contribution in [3.05, 3.63) is 22.2 Å². The summed E-state index contributed by atoms with van der Waals surface area (Å²) in [6.45, 7) is 2.24. The van der Waals surface area contributed by atoms with Crippen LogP contribution >= 0.6 is 15.9 Å². The van der Waals surface area contributed by atoms with E-state index in [2.05, 4.69) is 15.9 Å². The van der Waals surface area contributed by atoms with Gasteiger partial charge in [0.15, 0.2) is 17.8 Å². The number of hydrogen-bond donors (Lipinski definition) is 1. The van der Waals surface area contributed by atoms with Gasteiger partial charge in [-0.3, -0.25) is 4.79 Å². The van der Waals surface area contributed by atoms with Gasteiger partial charge in [-0.1, -0.05) is 0 Å². The molecule has 0 aliphatic heterocycles. The van der Waals surface area contributed by atoms with Crippen molar-refractivity contribution >= 4 is 22.2 Å². The number of aldehydes is 1. The van der Waals surface area contributed by atoms with Crippen molar-refractivity contribution in [1.29, 1.82) is 0 Å². The predicted molar refractivity (Wildman–Crippen MR) is 52.4 cm³/mol. The molecule has 0 radical (unpaired) electrons. The molecule has 1 N–H and O–H groups in total. The monoisotopic (exact) mass is 244 g/mol. The lowest BCUT2D eigenvalue weighted by atomic mass is 10.2. The first-order valence-corrected chi connectivity index (χ1v) is 4.59. The van der Waals surface area contributed by atoms with E-state index >= 15 is 0 Å². The number of ether oxygens (including phenoxy) is 1. The molecular formula is C9H9BrO3. The summed E-state index contributed by atoms with van der Waals surface area (Å²) in [7, 11) is 0. The molecule has 0 heterocycles. The van der Waals surface area contributed by atoms with E-state index in [1.807, 2.05) is 0 Å². The van der Waals surface area contributed by atoms with E-state index in [1.165, 1.54) is 12.1 Å². The lowest BCUT2D eigenvalue weighted by molar-refractivity contribution is 0.112. The van der Waals surface area contributed by atoms with Crippen molar-refractivity contribution < 1.29 is 14.6 Å². The fourth-order valence-electron chi connectivity index (χ4n) is 0.934. The number of halogens is 1. The largest absolute Gasteiger partial charge is 0.504 e. The molecule has 0 bridgehead atoms. The Morgan fingerprint density at radius 3 is 2.85 bits per heavy atom. The van der Waals surface area contributed by atoms with Crippen molar-refractivity contribution in [3.8, 4) is 11.5 Å². The molecule has 0 amide bonds. The SMILES string of the molecule is CCOc1c(O)ccc(C=O)c1Br. The number of benzene rings is 1. The highest BCUT2D eigenvalue weighted by atomic mass is 79.9. The molecule has 1 aromatic rings. The van der Waals surface area contributed by atoms with Crippen molar-refractivity contribution in [3.63, 3.8) is 0 Å². The van der Waals surface area contributed by atoms with E-state index in [1.54, 1.807) is 6.92 Å². The van der Waals surface area contributed by atoms with Gasteiger partial charge in [-0.15, -0.1) is 0 Å². The highest BCUT2D eigenvalue weighted by Gasteiger charge is 2.10. The third kappa shape index (κ3) is 2.01. The molecule has 0 unspecified atom stereocenters. The maximum absolute atomic E-state index is 10.5. The van der Waals surface area contributed by atoms with Crippen LogP contribution in [-0.4, -0.2) is 18.0 Å². The fourth-order valence-corrected chi connectivity index (χ4v) is 1.48. The first-order chi connectivity index (χ1) is 6.20. The number of rotatable bonds is 3. The molecular weight excluding hydrogens is 236 g/mol. The van der Waals surface area contributed by atoms with Crippen LogP contribution in [0.25, 0.3) is 0 Å². The van der Waals surface area contributed by atoms with Crippen molar-refractivity contribution in [2.24, 2.45) is 0 Å². The smallest absolute Gasteiger partial charge is 0.175 e. The first kappa shape index (κ1) is 10.1. The molecule has 70 valence electrons. The van der Waals surface area contributed by atoms with Gasteiger partial charge in [0, 0.05) is 5.56 Å². The third-order valence-corrected chi connectivity index (χ3v) is 2.34. The standard InChI is InChI=1S/C9H9BrO3/c1-2-13-9-7(12)4-3-6(5-11)8(9)10/h3-5,12H,2H2,1H3. The molecule has 1 aromatic carbocycles. The molecule has 0 saturated heterocycles. The Hall–Kier alpha value is -1.03. The number of phenols is 1. The Morgan fingerprint density at radius 2 is 2.31 bits per heavy atom. The molecule has 0 spiro atoms. The molecule has 3 nitrogen and oxygen atoms in total. The molecule has 0 aliphatic carbocycles. The minimum Gasteiger partial charge on any atom is -0.504 e. The van der Waals surface area contributed by atoms with Gasteiger partial charge in [0.1, 0.15) is 0 Å². The van der Waals surface area contributed by atoms with Crippen molar-refractivity contribution in [2.75, 3.05) is 6.61 Å². The maximum Gasteiger partial charge on any atom is 0.175 e. The van der Waals surface area contributed by atoms with Crippen LogP contribution in [0, 0.1) is 0 Å². The number of phenolic OH excluding ortho intramolecular Hbond substituents is 1. The minimum absolute atomic E-state index is 0.0272. The van der Waals surface area contributed by atoms with Gasteiger partial charge in [0.05, 0.1) is 11.1 Å². The Kier molecular flexibility index (Phi) is 3.31. The average molecular weight is 245 g/mol. The molecule has 13 heavy (non-hydrogen) atoms. The van der Waals surface area contributed by atoms with E-state index in [-0.39, 0.29) is 5.75 Å². The lowest BCUT2D eigenvalue weighted by Gasteiger charge is -2.08. The maximum atomic E-state index is 10.5. The van der Waals surface area contributed by atoms with E-state index in [0.29, 0.717) is 28.7 Å². The summed E-state index contributed by atoms with van der Waals surface area (Å²) >= 11 is 3.18. The van der Waals surface area contributed by atoms with E-state index < -0.39 is 0 Å². The zero-order valence-corrected chi connectivity index (χ0v) is 8.67. The van der Waals surface area contributed by atoms with E-state index in [0.717, 1.165) is 0 Å². The van der Waals surface area contributed by atoms with Crippen LogP contribution in [0.15, 0.2) is 16.6 Å². The number of aromatic hydroxyl groups is 1. The number of carbonyl (C=O) groups excluding carboxylic acids is 1. The van der Waals surface area contributed by atoms with Gasteiger partial charge in [-0.2, -0.15) is 0 Å². The van der Waals surface area contributed by atoms with Crippen molar-refractivity contribution in [2.45, 2.75) is 6.92 Å². The molecule has 0 aromatic heterocycles. The fraction of sp³-hybridized carbons (Fsp3) is 0.222. The summed E-state index contributed by atoms with van der Waals surface area (Å²) in [6.07, 6.45) is 0.700. The van der Waals surface area contributed by atoms with Crippen LogP contribution in [0.3, 0.4) is 0 Å². The van der Waals surface area contributed by atoms with Gasteiger partial charge in [-0.25, -0.2) is 0 Å². The van der Waals surface area contributed by atoms with Gasteiger partial charge < -0.3 is 9.84 Å². The second kappa shape index (κ2) is 4.28. The lowest BCUT2D eigenvalue weighted by Crippen LogP contribution is -1.95. The summed E-state index contributed by atoms with van der Waals surface area (Å²) in [5, 5.41) is 9.37. The number of carbonyl (C=O) groups is 1. The van der Waals surface area contributed by atoms with E-state index in [4.69, 9.17) is 4.74 Å². The number of hydrogen-bond acceptors (Lipinski definition) is 3. The van der Waals surface area contributed by atoms with Gasteiger partial charge in [0.25, 0.3) is 0 Å². The van der Waals surface area contributed by atoms with Gasteiger partial charge >= 0.3 is 0 Å². The molecule has 4 heteroatoms. The van der Waals surface area contributed by atoms with Gasteiger partial charge in [0.2, 0.25) is 0 Å². The van der Waals surface area contributed by atoms with E-state index in [9.17, 15) is 9.90 Å². The topological polar surface area (TPSA) is 46.5 Å². The predicted octanol–water partition coefficient (Wildman–Crippen LogP) is 2.37. The van der Waals surface area contributed by atoms with Crippen LogP contribution in [-0.2, 0) is 0 Å². The second-order valence-electron chi connectivity index (χ2n) is 2.37. The summed E-state index contributed by atoms with van der Waals surface area (Å²) in [6, 6.07) is 2.95. The Balaban J connectivity index is 3.21. The molecule has 0 aliphatic rings. The van der Waals surface area contributed by atoms with Crippen LogP contribution in [0.2, 0.25) is 0 Å². The zero-order chi connectivity index (χ0) is 9.84. The Labute approximate surface area is 84.5 Å². The molecule has 0 atom stereocenters.